The first kappa shape index (κ1) is 16.3. The van der Waals surface area contributed by atoms with Gasteiger partial charge in [-0.3, -0.25) is 14.7 Å². The van der Waals surface area contributed by atoms with Crippen molar-refractivity contribution in [3.8, 4) is 0 Å². The minimum atomic E-state index is 0.0369. The van der Waals surface area contributed by atoms with Gasteiger partial charge in [-0.05, 0) is 25.2 Å². The van der Waals surface area contributed by atoms with Crippen LogP contribution in [0.15, 0.2) is 17.2 Å². The molecule has 0 aromatic carbocycles. The summed E-state index contributed by atoms with van der Waals surface area (Å²) in [5.74, 6) is 2.43. The zero-order valence-corrected chi connectivity index (χ0v) is 15.0. The van der Waals surface area contributed by atoms with Crippen molar-refractivity contribution in [2.75, 3.05) is 24.5 Å². The van der Waals surface area contributed by atoms with Crippen molar-refractivity contribution >= 4 is 5.95 Å². The largest absolute Gasteiger partial charge is 0.342 e. The van der Waals surface area contributed by atoms with Crippen LogP contribution in [0.1, 0.15) is 36.8 Å². The Balaban J connectivity index is 1.56. The van der Waals surface area contributed by atoms with E-state index in [-0.39, 0.29) is 5.56 Å². The normalized spacial score (nSPS) is 21.4. The number of nitrogens with one attached hydrogen (secondary N) is 1. The van der Waals surface area contributed by atoms with Crippen LogP contribution in [0.4, 0.5) is 5.95 Å². The summed E-state index contributed by atoms with van der Waals surface area (Å²) in [5.41, 5.74) is 1.82. The zero-order chi connectivity index (χ0) is 17.4. The van der Waals surface area contributed by atoms with E-state index in [9.17, 15) is 4.79 Å². The minimum Gasteiger partial charge on any atom is -0.342 e. The third-order valence-corrected chi connectivity index (χ3v) is 5.38. The molecule has 4 rings (SSSR count). The van der Waals surface area contributed by atoms with Crippen molar-refractivity contribution in [2.45, 2.75) is 39.3 Å². The van der Waals surface area contributed by atoms with Gasteiger partial charge in [-0.1, -0.05) is 6.92 Å². The summed E-state index contributed by atoms with van der Waals surface area (Å²) in [6.45, 7) is 6.57. The van der Waals surface area contributed by atoms with Gasteiger partial charge >= 0.3 is 0 Å². The molecule has 0 unspecified atom stereocenters. The lowest BCUT2D eigenvalue weighted by Crippen LogP contribution is -2.39. The first-order chi connectivity index (χ1) is 12.1. The number of fused-ring (bicyclic) bond motifs is 1. The number of H-pyrrole nitrogens is 1. The maximum absolute atomic E-state index is 12.5. The van der Waals surface area contributed by atoms with E-state index in [1.807, 2.05) is 24.0 Å². The molecule has 2 aliphatic heterocycles. The van der Waals surface area contributed by atoms with Crippen molar-refractivity contribution in [1.82, 2.24) is 24.4 Å². The maximum atomic E-state index is 12.5. The summed E-state index contributed by atoms with van der Waals surface area (Å²) >= 11 is 0. The monoisotopic (exact) mass is 342 g/mol. The summed E-state index contributed by atoms with van der Waals surface area (Å²) < 4.78 is 2.04. The highest BCUT2D eigenvalue weighted by Crippen LogP contribution is 2.22. The molecule has 0 bridgehead atoms. The molecule has 4 heterocycles. The Morgan fingerprint density at radius 3 is 3.00 bits per heavy atom. The molecule has 7 heteroatoms. The standard InChI is InChI=1S/C18H26N6O/c1-13-4-3-7-24(10-13)18-20-15-11-23(8-5-14(15)17(25)21-18)12-16-19-6-9-22(16)2/h6,9,13H,3-5,7-8,10-12H2,1-2H3,(H,20,21,25)/t13-/m0/s1. The highest BCUT2D eigenvalue weighted by molar-refractivity contribution is 5.35. The fraction of sp³-hybridized carbons (Fsp3) is 0.611. The molecule has 1 saturated heterocycles. The van der Waals surface area contributed by atoms with E-state index in [4.69, 9.17) is 4.98 Å². The zero-order valence-electron chi connectivity index (χ0n) is 15.0. The number of rotatable bonds is 3. The van der Waals surface area contributed by atoms with Crippen LogP contribution < -0.4 is 10.5 Å². The third-order valence-electron chi connectivity index (χ3n) is 5.38. The number of aromatic nitrogens is 4. The first-order valence-corrected chi connectivity index (χ1v) is 9.15. The fourth-order valence-electron chi connectivity index (χ4n) is 3.90. The molecule has 0 amide bonds. The fourth-order valence-corrected chi connectivity index (χ4v) is 3.90. The van der Waals surface area contributed by atoms with Gasteiger partial charge in [0.25, 0.3) is 5.56 Å². The van der Waals surface area contributed by atoms with Crippen LogP contribution in [-0.2, 0) is 26.6 Å². The quantitative estimate of drug-likeness (QED) is 0.910. The molecule has 2 aliphatic rings. The van der Waals surface area contributed by atoms with Crippen LogP contribution in [0.3, 0.4) is 0 Å². The smallest absolute Gasteiger partial charge is 0.255 e. The van der Waals surface area contributed by atoms with Crippen LogP contribution in [0, 0.1) is 5.92 Å². The number of aromatic amines is 1. The number of hydrogen-bond donors (Lipinski definition) is 1. The molecular formula is C18H26N6O. The lowest BCUT2D eigenvalue weighted by molar-refractivity contribution is 0.232. The summed E-state index contributed by atoms with van der Waals surface area (Å²) in [4.78, 5) is 29.3. The average molecular weight is 342 g/mol. The van der Waals surface area contributed by atoms with Gasteiger partial charge < -0.3 is 9.47 Å². The molecule has 134 valence electrons. The van der Waals surface area contributed by atoms with Gasteiger partial charge in [0.2, 0.25) is 5.95 Å². The number of aryl methyl sites for hydroxylation is 1. The van der Waals surface area contributed by atoms with Gasteiger partial charge in [0.15, 0.2) is 0 Å². The Labute approximate surface area is 147 Å². The van der Waals surface area contributed by atoms with Crippen molar-refractivity contribution in [2.24, 2.45) is 13.0 Å². The van der Waals surface area contributed by atoms with Crippen LogP contribution >= 0.6 is 0 Å². The van der Waals surface area contributed by atoms with Crippen molar-refractivity contribution in [3.05, 3.63) is 39.8 Å². The van der Waals surface area contributed by atoms with Gasteiger partial charge in [0.05, 0.1) is 12.2 Å². The van der Waals surface area contributed by atoms with Crippen LogP contribution in [0.2, 0.25) is 0 Å². The molecule has 25 heavy (non-hydrogen) atoms. The van der Waals surface area contributed by atoms with Crippen LogP contribution in [0.5, 0.6) is 0 Å². The molecule has 7 nitrogen and oxygen atoms in total. The van der Waals surface area contributed by atoms with Gasteiger partial charge in [0.1, 0.15) is 5.82 Å². The van der Waals surface area contributed by atoms with Crippen LogP contribution in [-0.4, -0.2) is 44.1 Å². The lowest BCUT2D eigenvalue weighted by Gasteiger charge is -2.33. The number of anilines is 1. The number of hydrogen-bond acceptors (Lipinski definition) is 5. The molecule has 0 radical (unpaired) electrons. The summed E-state index contributed by atoms with van der Waals surface area (Å²) in [6.07, 6.45) is 6.95. The first-order valence-electron chi connectivity index (χ1n) is 9.15. The second-order valence-corrected chi connectivity index (χ2v) is 7.42. The Morgan fingerprint density at radius 1 is 1.36 bits per heavy atom. The highest BCUT2D eigenvalue weighted by atomic mass is 16.1. The molecule has 2 aromatic heterocycles. The Bertz CT molecular complexity index is 810. The number of piperidine rings is 1. The summed E-state index contributed by atoms with van der Waals surface area (Å²) in [7, 11) is 2.01. The van der Waals surface area contributed by atoms with E-state index < -0.39 is 0 Å². The molecule has 2 aromatic rings. The molecule has 1 N–H and O–H groups in total. The van der Waals surface area contributed by atoms with Gasteiger partial charge in [-0.2, -0.15) is 0 Å². The average Bonchev–Trinajstić information content (AvgIpc) is 2.99. The van der Waals surface area contributed by atoms with E-state index in [0.717, 1.165) is 62.1 Å². The SMILES string of the molecule is C[C@H]1CCCN(c2nc3c(c(=O)[nH]2)CCN(Cc2nccn2C)C3)C1. The Kier molecular flexibility index (Phi) is 4.33. The third kappa shape index (κ3) is 3.33. The highest BCUT2D eigenvalue weighted by Gasteiger charge is 2.24. The van der Waals surface area contributed by atoms with E-state index in [0.29, 0.717) is 12.5 Å². The lowest BCUT2D eigenvalue weighted by atomic mass is 10.0. The minimum absolute atomic E-state index is 0.0369. The van der Waals surface area contributed by atoms with Crippen molar-refractivity contribution in [3.63, 3.8) is 0 Å². The summed E-state index contributed by atoms with van der Waals surface area (Å²) in [5, 5.41) is 0. The van der Waals surface area contributed by atoms with Crippen LogP contribution in [0.25, 0.3) is 0 Å². The van der Waals surface area contributed by atoms with E-state index >= 15 is 0 Å². The predicted molar refractivity (Wildman–Crippen MR) is 96.5 cm³/mol. The Morgan fingerprint density at radius 2 is 2.24 bits per heavy atom. The molecule has 0 spiro atoms. The van der Waals surface area contributed by atoms with Crippen molar-refractivity contribution < 1.29 is 0 Å². The molecule has 1 fully saturated rings. The molecular weight excluding hydrogens is 316 g/mol. The Hall–Kier alpha value is -2.15. The molecule has 1 atom stereocenters. The topological polar surface area (TPSA) is 70.1 Å². The van der Waals surface area contributed by atoms with Gasteiger partial charge in [0, 0.05) is 51.2 Å². The maximum Gasteiger partial charge on any atom is 0.255 e. The summed E-state index contributed by atoms with van der Waals surface area (Å²) in [6, 6.07) is 0. The number of imidazole rings is 1. The molecule has 0 saturated carbocycles. The van der Waals surface area contributed by atoms with E-state index in [1.165, 1.54) is 6.42 Å². The van der Waals surface area contributed by atoms with E-state index in [1.54, 1.807) is 0 Å². The predicted octanol–water partition coefficient (Wildman–Crippen LogP) is 1.30. The second-order valence-electron chi connectivity index (χ2n) is 7.42. The second kappa shape index (κ2) is 6.63. The number of nitrogens with zero attached hydrogens (tertiary/aromatic N) is 5. The van der Waals surface area contributed by atoms with E-state index in [2.05, 4.69) is 26.7 Å². The van der Waals surface area contributed by atoms with Crippen molar-refractivity contribution in [1.29, 1.82) is 0 Å². The molecule has 0 aliphatic carbocycles. The van der Waals surface area contributed by atoms with Gasteiger partial charge in [-0.25, -0.2) is 9.97 Å². The van der Waals surface area contributed by atoms with Gasteiger partial charge in [-0.15, -0.1) is 0 Å².